The number of pyridine rings is 2. The summed E-state index contributed by atoms with van der Waals surface area (Å²) in [6.07, 6.45) is 3.62. The Hall–Kier alpha value is -1.48. The van der Waals surface area contributed by atoms with Gasteiger partial charge in [0.15, 0.2) is 0 Å². The Labute approximate surface area is 149 Å². The second-order valence-corrected chi connectivity index (χ2v) is 7.88. The molecule has 24 heavy (non-hydrogen) atoms. The average molecular weight is 369 g/mol. The van der Waals surface area contributed by atoms with Gasteiger partial charge >= 0.3 is 0 Å². The van der Waals surface area contributed by atoms with E-state index in [1.165, 1.54) is 0 Å². The summed E-state index contributed by atoms with van der Waals surface area (Å²) in [6.45, 7) is 4.66. The molecule has 2 rings (SSSR count). The summed E-state index contributed by atoms with van der Waals surface area (Å²) in [5.74, 6) is 1.98. The predicted octanol–water partition coefficient (Wildman–Crippen LogP) is 1.07. The SMILES string of the molecule is Cc1ncc(CSSCc2cnc(C)c(O)c2C[NH3+])c(C[NH3+])c1O. The molecule has 0 radical (unpaired) electrons. The van der Waals surface area contributed by atoms with E-state index in [4.69, 9.17) is 0 Å². The van der Waals surface area contributed by atoms with E-state index in [-0.39, 0.29) is 11.5 Å². The Bertz CT molecular complexity index is 664. The van der Waals surface area contributed by atoms with Crippen molar-refractivity contribution in [2.75, 3.05) is 0 Å². The van der Waals surface area contributed by atoms with Crippen LogP contribution in [0.1, 0.15) is 33.6 Å². The molecular weight excluding hydrogens is 344 g/mol. The first kappa shape index (κ1) is 18.9. The van der Waals surface area contributed by atoms with Crippen LogP contribution in [0, 0.1) is 13.8 Å². The highest BCUT2D eigenvalue weighted by Gasteiger charge is 2.14. The van der Waals surface area contributed by atoms with Crippen LogP contribution in [-0.2, 0) is 24.6 Å². The first-order valence-corrected chi connectivity index (χ1v) is 10.1. The van der Waals surface area contributed by atoms with Crippen LogP contribution in [0.3, 0.4) is 0 Å². The van der Waals surface area contributed by atoms with Gasteiger partial charge in [0.25, 0.3) is 0 Å². The van der Waals surface area contributed by atoms with Crippen molar-refractivity contribution in [3.8, 4) is 11.5 Å². The lowest BCUT2D eigenvalue weighted by atomic mass is 10.1. The fourth-order valence-corrected chi connectivity index (χ4v) is 4.57. The van der Waals surface area contributed by atoms with Gasteiger partial charge in [-0.25, -0.2) is 0 Å². The second-order valence-electron chi connectivity index (χ2n) is 5.42. The smallest absolute Gasteiger partial charge is 0.145 e. The first-order chi connectivity index (χ1) is 11.5. The Morgan fingerprint density at radius 2 is 1.21 bits per heavy atom. The van der Waals surface area contributed by atoms with Crippen LogP contribution in [0.15, 0.2) is 12.4 Å². The molecule has 8 heteroatoms. The quantitative estimate of drug-likeness (QED) is 0.428. The molecule has 6 nitrogen and oxygen atoms in total. The van der Waals surface area contributed by atoms with Crippen LogP contribution >= 0.6 is 21.6 Å². The molecule has 0 aliphatic rings. The van der Waals surface area contributed by atoms with Crippen molar-refractivity contribution < 1.29 is 21.7 Å². The summed E-state index contributed by atoms with van der Waals surface area (Å²) in [6, 6.07) is 0. The topological polar surface area (TPSA) is 122 Å². The molecule has 0 aromatic carbocycles. The fourth-order valence-electron chi connectivity index (χ4n) is 2.39. The molecule has 0 fully saturated rings. The molecule has 130 valence electrons. The third-order valence-corrected chi connectivity index (χ3v) is 6.10. The maximum atomic E-state index is 10.1. The molecule has 0 spiro atoms. The summed E-state index contributed by atoms with van der Waals surface area (Å²) in [5, 5.41) is 20.2. The van der Waals surface area contributed by atoms with Gasteiger partial charge in [-0.1, -0.05) is 21.6 Å². The number of rotatable bonds is 7. The fraction of sp³-hybridized carbons (Fsp3) is 0.375. The molecule has 2 heterocycles. The maximum Gasteiger partial charge on any atom is 0.145 e. The molecule has 0 atom stereocenters. The van der Waals surface area contributed by atoms with Gasteiger partial charge in [-0.2, -0.15) is 0 Å². The molecule has 0 unspecified atom stereocenters. The van der Waals surface area contributed by atoms with Crippen LogP contribution in [0.5, 0.6) is 11.5 Å². The lowest BCUT2D eigenvalue weighted by Crippen LogP contribution is -2.48. The summed E-state index contributed by atoms with van der Waals surface area (Å²) < 4.78 is 0. The molecule has 2 aromatic rings. The van der Waals surface area contributed by atoms with Crippen molar-refractivity contribution in [2.45, 2.75) is 38.4 Å². The summed E-state index contributed by atoms with van der Waals surface area (Å²) in [4.78, 5) is 8.44. The summed E-state index contributed by atoms with van der Waals surface area (Å²) >= 11 is 0. The molecule has 2 aromatic heterocycles. The lowest BCUT2D eigenvalue weighted by molar-refractivity contribution is -0.387. The van der Waals surface area contributed by atoms with Gasteiger partial charge in [0.1, 0.15) is 24.6 Å². The first-order valence-electron chi connectivity index (χ1n) is 7.65. The van der Waals surface area contributed by atoms with Gasteiger partial charge in [-0.3, -0.25) is 9.97 Å². The van der Waals surface area contributed by atoms with Crippen molar-refractivity contribution in [3.05, 3.63) is 46.0 Å². The number of nitrogens with zero attached hydrogens (tertiary/aromatic N) is 2. The van der Waals surface area contributed by atoms with Crippen LogP contribution < -0.4 is 11.5 Å². The zero-order chi connectivity index (χ0) is 17.7. The molecule has 0 saturated carbocycles. The maximum absolute atomic E-state index is 10.1. The highest BCUT2D eigenvalue weighted by atomic mass is 33.1. The van der Waals surface area contributed by atoms with Crippen LogP contribution in [-0.4, -0.2) is 20.2 Å². The van der Waals surface area contributed by atoms with E-state index in [9.17, 15) is 10.2 Å². The third-order valence-electron chi connectivity index (χ3n) is 3.87. The van der Waals surface area contributed by atoms with Gasteiger partial charge < -0.3 is 21.7 Å². The third kappa shape index (κ3) is 4.13. The molecule has 0 aliphatic heterocycles. The van der Waals surface area contributed by atoms with Gasteiger partial charge in [0.2, 0.25) is 0 Å². The highest BCUT2D eigenvalue weighted by Crippen LogP contribution is 2.34. The zero-order valence-corrected chi connectivity index (χ0v) is 15.6. The van der Waals surface area contributed by atoms with Gasteiger partial charge in [0, 0.05) is 23.9 Å². The van der Waals surface area contributed by atoms with Crippen molar-refractivity contribution in [3.63, 3.8) is 0 Å². The van der Waals surface area contributed by atoms with E-state index in [1.54, 1.807) is 35.4 Å². The van der Waals surface area contributed by atoms with Crippen molar-refractivity contribution in [2.24, 2.45) is 0 Å². The molecule has 8 N–H and O–H groups in total. The second kappa shape index (κ2) is 8.57. The molecule has 0 aliphatic carbocycles. The van der Waals surface area contributed by atoms with E-state index in [0.717, 1.165) is 33.8 Å². The number of aromatic nitrogens is 2. The Balaban J connectivity index is 1.99. The van der Waals surface area contributed by atoms with Gasteiger partial charge in [0.05, 0.1) is 22.5 Å². The van der Waals surface area contributed by atoms with E-state index in [0.29, 0.717) is 24.5 Å². The minimum Gasteiger partial charge on any atom is -0.506 e. The molecule has 0 amide bonds. The molecule has 0 saturated heterocycles. The minimum atomic E-state index is 0.250. The number of aryl methyl sites for hydroxylation is 2. The van der Waals surface area contributed by atoms with Crippen LogP contribution in [0.2, 0.25) is 0 Å². The van der Waals surface area contributed by atoms with Crippen LogP contribution in [0.25, 0.3) is 0 Å². The number of aromatic hydroxyl groups is 2. The van der Waals surface area contributed by atoms with Crippen molar-refractivity contribution >= 4 is 21.6 Å². The van der Waals surface area contributed by atoms with Crippen molar-refractivity contribution in [1.82, 2.24) is 9.97 Å². The largest absolute Gasteiger partial charge is 0.506 e. The van der Waals surface area contributed by atoms with E-state index >= 15 is 0 Å². The standard InChI is InChI=1S/C16H22N4O2S2/c1-9-15(21)13(3-17)11(5-19-9)7-23-24-8-12-6-20-10(2)16(22)14(12)4-18/h5-6,21-22H,3-4,7-8,17-18H2,1-2H3/p+2. The average Bonchev–Trinajstić information content (AvgIpc) is 2.58. The van der Waals surface area contributed by atoms with Gasteiger partial charge in [-0.05, 0) is 25.0 Å². The van der Waals surface area contributed by atoms with E-state index in [1.807, 2.05) is 12.4 Å². The monoisotopic (exact) mass is 368 g/mol. The van der Waals surface area contributed by atoms with Gasteiger partial charge in [-0.15, -0.1) is 0 Å². The van der Waals surface area contributed by atoms with E-state index in [2.05, 4.69) is 21.4 Å². The lowest BCUT2D eigenvalue weighted by Gasteiger charge is -2.11. The Morgan fingerprint density at radius 3 is 1.54 bits per heavy atom. The Morgan fingerprint density at radius 1 is 0.833 bits per heavy atom. The number of hydrogen-bond acceptors (Lipinski definition) is 6. The van der Waals surface area contributed by atoms with Crippen molar-refractivity contribution in [1.29, 1.82) is 0 Å². The number of quaternary nitrogens is 2. The normalized spacial score (nSPS) is 11.0. The number of hydrogen-bond donors (Lipinski definition) is 4. The zero-order valence-electron chi connectivity index (χ0n) is 14.0. The minimum absolute atomic E-state index is 0.250. The Kier molecular flexibility index (Phi) is 6.73. The van der Waals surface area contributed by atoms with E-state index < -0.39 is 0 Å². The molecule has 0 bridgehead atoms. The summed E-state index contributed by atoms with van der Waals surface area (Å²) in [7, 11) is 3.36. The highest BCUT2D eigenvalue weighted by molar-refractivity contribution is 8.76. The molecular formula is C16H24N4O2S2+2. The predicted molar refractivity (Wildman–Crippen MR) is 97.1 cm³/mol. The summed E-state index contributed by atoms with van der Waals surface area (Å²) in [5.41, 5.74) is 12.8. The van der Waals surface area contributed by atoms with Crippen LogP contribution in [0.4, 0.5) is 0 Å².